The van der Waals surface area contributed by atoms with Gasteiger partial charge in [0, 0.05) is 19.3 Å². The lowest BCUT2D eigenvalue weighted by Gasteiger charge is -2.24. The molecule has 122 valence electrons. The van der Waals surface area contributed by atoms with Crippen LogP contribution in [0.5, 0.6) is 0 Å². The summed E-state index contributed by atoms with van der Waals surface area (Å²) in [4.78, 5) is 17.5. The van der Waals surface area contributed by atoms with Crippen molar-refractivity contribution >= 4 is 15.9 Å². The van der Waals surface area contributed by atoms with E-state index in [1.165, 1.54) is 17.2 Å². The SMILES string of the molecule is Cc1ccc(S(=O)(=O)[C@@H]2CCN(C(=O)OC(C)(C)C)C2)nc1. The smallest absolute Gasteiger partial charge is 0.410 e. The second-order valence-corrected chi connectivity index (χ2v) is 8.73. The normalized spacial score (nSPS) is 19.3. The Morgan fingerprint density at radius 2 is 2.05 bits per heavy atom. The monoisotopic (exact) mass is 326 g/mol. The standard InChI is InChI=1S/C15H22N2O4S/c1-11-5-6-13(16-9-11)22(19,20)12-7-8-17(10-12)14(18)21-15(2,3)4/h5-6,9,12H,7-8,10H2,1-4H3/t12-/m1/s1. The number of hydrogen-bond donors (Lipinski definition) is 0. The van der Waals surface area contributed by atoms with Crippen LogP contribution in [0.25, 0.3) is 0 Å². The second kappa shape index (κ2) is 5.87. The number of sulfone groups is 1. The third-order valence-electron chi connectivity index (χ3n) is 3.41. The van der Waals surface area contributed by atoms with Gasteiger partial charge < -0.3 is 9.64 Å². The lowest BCUT2D eigenvalue weighted by Crippen LogP contribution is -2.36. The van der Waals surface area contributed by atoms with Crippen LogP contribution in [0.15, 0.2) is 23.4 Å². The van der Waals surface area contributed by atoms with E-state index < -0.39 is 26.8 Å². The highest BCUT2D eigenvalue weighted by atomic mass is 32.2. The number of ether oxygens (including phenoxy) is 1. The van der Waals surface area contributed by atoms with Gasteiger partial charge in [-0.25, -0.2) is 18.2 Å². The first-order valence-electron chi connectivity index (χ1n) is 7.24. The summed E-state index contributed by atoms with van der Waals surface area (Å²) in [7, 11) is -3.53. The molecule has 0 bridgehead atoms. The zero-order valence-electron chi connectivity index (χ0n) is 13.4. The molecule has 2 rings (SSSR count). The predicted octanol–water partition coefficient (Wildman–Crippen LogP) is 2.17. The summed E-state index contributed by atoms with van der Waals surface area (Å²) in [6.07, 6.45) is 1.46. The van der Waals surface area contributed by atoms with Crippen LogP contribution in [0.4, 0.5) is 4.79 Å². The van der Waals surface area contributed by atoms with E-state index in [0.29, 0.717) is 13.0 Å². The van der Waals surface area contributed by atoms with Crippen molar-refractivity contribution in [3.8, 4) is 0 Å². The fraction of sp³-hybridized carbons (Fsp3) is 0.600. The van der Waals surface area contributed by atoms with Gasteiger partial charge in [0.05, 0.1) is 5.25 Å². The molecule has 0 spiro atoms. The molecule has 6 nitrogen and oxygen atoms in total. The third-order valence-corrected chi connectivity index (χ3v) is 5.50. The third kappa shape index (κ3) is 3.76. The van der Waals surface area contributed by atoms with Crippen molar-refractivity contribution in [3.05, 3.63) is 23.9 Å². The quantitative estimate of drug-likeness (QED) is 0.832. The maximum absolute atomic E-state index is 12.6. The van der Waals surface area contributed by atoms with Crippen molar-refractivity contribution in [1.82, 2.24) is 9.88 Å². The number of likely N-dealkylation sites (tertiary alicyclic amines) is 1. The summed E-state index contributed by atoms with van der Waals surface area (Å²) in [6.45, 7) is 7.73. The van der Waals surface area contributed by atoms with E-state index in [1.54, 1.807) is 26.8 Å². The molecular formula is C15H22N2O4S. The highest BCUT2D eigenvalue weighted by molar-refractivity contribution is 7.92. The minimum absolute atomic E-state index is 0.0640. The zero-order chi connectivity index (χ0) is 16.5. The molecule has 22 heavy (non-hydrogen) atoms. The summed E-state index contributed by atoms with van der Waals surface area (Å²) >= 11 is 0. The summed E-state index contributed by atoms with van der Waals surface area (Å²) in [6, 6.07) is 3.24. The average Bonchev–Trinajstić information content (AvgIpc) is 2.87. The van der Waals surface area contributed by atoms with Crippen LogP contribution >= 0.6 is 0 Å². The van der Waals surface area contributed by atoms with Gasteiger partial charge >= 0.3 is 6.09 Å². The Hall–Kier alpha value is -1.63. The van der Waals surface area contributed by atoms with Gasteiger partial charge in [-0.05, 0) is 45.7 Å². The van der Waals surface area contributed by atoms with Crippen molar-refractivity contribution in [2.45, 2.75) is 50.0 Å². The number of amides is 1. The number of rotatable bonds is 2. The molecule has 0 N–H and O–H groups in total. The van der Waals surface area contributed by atoms with Gasteiger partial charge in [0.25, 0.3) is 0 Å². The Kier molecular flexibility index (Phi) is 4.47. The molecule has 0 aromatic carbocycles. The fourth-order valence-corrected chi connectivity index (χ4v) is 3.86. The summed E-state index contributed by atoms with van der Waals surface area (Å²) in [5, 5.41) is -0.565. The van der Waals surface area contributed by atoms with Crippen LogP contribution in [0.2, 0.25) is 0 Å². The van der Waals surface area contributed by atoms with E-state index in [1.807, 2.05) is 6.92 Å². The number of carbonyl (C=O) groups excluding carboxylic acids is 1. The second-order valence-electron chi connectivity index (χ2n) is 6.56. The van der Waals surface area contributed by atoms with Crippen LogP contribution in [0.1, 0.15) is 32.8 Å². The molecule has 1 saturated heterocycles. The lowest BCUT2D eigenvalue weighted by molar-refractivity contribution is 0.0295. The Morgan fingerprint density at radius 1 is 1.36 bits per heavy atom. The van der Waals surface area contributed by atoms with Crippen molar-refractivity contribution < 1.29 is 17.9 Å². The van der Waals surface area contributed by atoms with Gasteiger partial charge in [-0.3, -0.25) is 0 Å². The first kappa shape index (κ1) is 16.7. The van der Waals surface area contributed by atoms with Gasteiger partial charge in [0.2, 0.25) is 0 Å². The molecule has 1 aromatic heterocycles. The summed E-state index contributed by atoms with van der Waals surface area (Å²) in [5.74, 6) is 0. The number of hydrogen-bond acceptors (Lipinski definition) is 5. The van der Waals surface area contributed by atoms with Gasteiger partial charge in [0.1, 0.15) is 5.60 Å². The van der Waals surface area contributed by atoms with Crippen LogP contribution < -0.4 is 0 Å². The molecule has 2 heterocycles. The molecule has 1 aliphatic heterocycles. The largest absolute Gasteiger partial charge is 0.444 e. The average molecular weight is 326 g/mol. The molecule has 1 aromatic rings. The van der Waals surface area contributed by atoms with E-state index in [2.05, 4.69) is 4.98 Å². The van der Waals surface area contributed by atoms with Crippen LogP contribution in [-0.4, -0.2) is 48.3 Å². The molecule has 1 aliphatic rings. The van der Waals surface area contributed by atoms with Crippen molar-refractivity contribution in [3.63, 3.8) is 0 Å². The van der Waals surface area contributed by atoms with Gasteiger partial charge in [-0.15, -0.1) is 0 Å². The Bertz CT molecular complexity index is 647. The number of nitrogens with zero attached hydrogens (tertiary/aromatic N) is 2. The van der Waals surface area contributed by atoms with Gasteiger partial charge in [-0.2, -0.15) is 0 Å². The Labute approximate surface area is 131 Å². The first-order valence-corrected chi connectivity index (χ1v) is 8.79. The maximum atomic E-state index is 12.6. The van der Waals surface area contributed by atoms with E-state index in [4.69, 9.17) is 4.74 Å². The lowest BCUT2D eigenvalue weighted by atomic mass is 10.2. The van der Waals surface area contributed by atoms with Crippen LogP contribution in [-0.2, 0) is 14.6 Å². The molecule has 0 radical (unpaired) electrons. The molecule has 0 unspecified atom stereocenters. The number of carbonyl (C=O) groups is 1. The first-order chi connectivity index (χ1) is 10.1. The van der Waals surface area contributed by atoms with E-state index in [9.17, 15) is 13.2 Å². The minimum atomic E-state index is -3.53. The van der Waals surface area contributed by atoms with E-state index in [-0.39, 0.29) is 11.6 Å². The summed E-state index contributed by atoms with van der Waals surface area (Å²) in [5.41, 5.74) is 0.313. The van der Waals surface area contributed by atoms with E-state index >= 15 is 0 Å². The Morgan fingerprint density at radius 3 is 2.59 bits per heavy atom. The fourth-order valence-electron chi connectivity index (χ4n) is 2.27. The zero-order valence-corrected chi connectivity index (χ0v) is 14.2. The van der Waals surface area contributed by atoms with Crippen molar-refractivity contribution in [1.29, 1.82) is 0 Å². The predicted molar refractivity (Wildman–Crippen MR) is 82.4 cm³/mol. The number of pyridine rings is 1. The minimum Gasteiger partial charge on any atom is -0.444 e. The Balaban J connectivity index is 2.09. The molecule has 7 heteroatoms. The molecule has 0 aliphatic carbocycles. The molecule has 1 fully saturated rings. The van der Waals surface area contributed by atoms with E-state index in [0.717, 1.165) is 5.56 Å². The van der Waals surface area contributed by atoms with Crippen molar-refractivity contribution in [2.24, 2.45) is 0 Å². The topological polar surface area (TPSA) is 76.6 Å². The molecule has 1 amide bonds. The maximum Gasteiger partial charge on any atom is 0.410 e. The van der Waals surface area contributed by atoms with Crippen LogP contribution in [0, 0.1) is 6.92 Å². The number of aromatic nitrogens is 1. The van der Waals surface area contributed by atoms with Gasteiger partial charge in [0.15, 0.2) is 14.9 Å². The van der Waals surface area contributed by atoms with Gasteiger partial charge in [-0.1, -0.05) is 6.07 Å². The highest BCUT2D eigenvalue weighted by Gasteiger charge is 2.38. The molecule has 0 saturated carbocycles. The summed E-state index contributed by atoms with van der Waals surface area (Å²) < 4.78 is 30.4. The molecule has 1 atom stereocenters. The van der Waals surface area contributed by atoms with Crippen molar-refractivity contribution in [2.75, 3.05) is 13.1 Å². The highest BCUT2D eigenvalue weighted by Crippen LogP contribution is 2.24. The number of aryl methyl sites for hydroxylation is 1. The molecular weight excluding hydrogens is 304 g/mol. The van der Waals surface area contributed by atoms with Crippen LogP contribution in [0.3, 0.4) is 0 Å².